The lowest BCUT2D eigenvalue weighted by molar-refractivity contribution is -0.385. The Kier molecular flexibility index (Phi) is 5.38. The van der Waals surface area contributed by atoms with Gasteiger partial charge in [-0.2, -0.15) is 0 Å². The molecular weight excluding hydrogens is 236 g/mol. The van der Waals surface area contributed by atoms with Crippen molar-refractivity contribution in [1.82, 2.24) is 4.90 Å². The number of rotatable bonds is 7. The van der Waals surface area contributed by atoms with Crippen LogP contribution in [-0.4, -0.2) is 44.2 Å². The van der Waals surface area contributed by atoms with Gasteiger partial charge in [-0.1, -0.05) is 0 Å². The van der Waals surface area contributed by atoms with Crippen molar-refractivity contribution in [2.45, 2.75) is 6.42 Å². The molecular formula is C12H18N2O4. The molecule has 0 unspecified atom stereocenters. The zero-order valence-corrected chi connectivity index (χ0v) is 10.9. The Bertz CT molecular complexity index is 407. The van der Waals surface area contributed by atoms with E-state index in [0.29, 0.717) is 12.4 Å². The Balaban J connectivity index is 2.60. The molecule has 18 heavy (non-hydrogen) atoms. The number of ether oxygens (including phenoxy) is 2. The van der Waals surface area contributed by atoms with E-state index in [-0.39, 0.29) is 11.4 Å². The summed E-state index contributed by atoms with van der Waals surface area (Å²) in [6.45, 7) is 1.50. The summed E-state index contributed by atoms with van der Waals surface area (Å²) in [5, 5.41) is 10.7. The molecule has 100 valence electrons. The van der Waals surface area contributed by atoms with Gasteiger partial charge in [0.05, 0.1) is 18.6 Å². The summed E-state index contributed by atoms with van der Waals surface area (Å²) in [4.78, 5) is 12.3. The fraction of sp³-hybridized carbons (Fsp3) is 0.500. The topological polar surface area (TPSA) is 64.8 Å². The maximum Gasteiger partial charge on any atom is 0.311 e. The van der Waals surface area contributed by atoms with E-state index in [1.165, 1.54) is 19.2 Å². The highest BCUT2D eigenvalue weighted by atomic mass is 16.6. The molecule has 1 rings (SSSR count). The van der Waals surface area contributed by atoms with Gasteiger partial charge >= 0.3 is 5.69 Å². The first-order valence-corrected chi connectivity index (χ1v) is 5.64. The minimum absolute atomic E-state index is 0.0573. The van der Waals surface area contributed by atoms with Gasteiger partial charge in [0.1, 0.15) is 5.75 Å². The molecule has 0 aliphatic carbocycles. The second kappa shape index (κ2) is 6.80. The molecule has 0 atom stereocenters. The van der Waals surface area contributed by atoms with Crippen molar-refractivity contribution in [2.75, 3.05) is 34.4 Å². The molecule has 0 bridgehead atoms. The zero-order chi connectivity index (χ0) is 13.5. The van der Waals surface area contributed by atoms with E-state index in [4.69, 9.17) is 9.47 Å². The molecule has 0 saturated carbocycles. The highest BCUT2D eigenvalue weighted by Crippen LogP contribution is 2.30. The van der Waals surface area contributed by atoms with Crippen molar-refractivity contribution in [1.29, 1.82) is 0 Å². The summed E-state index contributed by atoms with van der Waals surface area (Å²) in [5.74, 6) is 0.793. The van der Waals surface area contributed by atoms with E-state index in [9.17, 15) is 10.1 Å². The Morgan fingerprint density at radius 1 is 1.39 bits per heavy atom. The number of nitro groups is 1. The van der Waals surface area contributed by atoms with Gasteiger partial charge in [0.2, 0.25) is 5.75 Å². The van der Waals surface area contributed by atoms with E-state index < -0.39 is 4.92 Å². The van der Waals surface area contributed by atoms with Crippen LogP contribution in [0.4, 0.5) is 5.69 Å². The third-order valence-corrected chi connectivity index (χ3v) is 2.37. The van der Waals surface area contributed by atoms with Crippen LogP contribution in [0.2, 0.25) is 0 Å². The van der Waals surface area contributed by atoms with Gasteiger partial charge in [0.15, 0.2) is 0 Å². The van der Waals surface area contributed by atoms with Crippen molar-refractivity contribution in [2.24, 2.45) is 0 Å². The van der Waals surface area contributed by atoms with Crippen LogP contribution in [-0.2, 0) is 0 Å². The fourth-order valence-electron chi connectivity index (χ4n) is 1.47. The van der Waals surface area contributed by atoms with E-state index in [0.717, 1.165) is 13.0 Å². The molecule has 0 aliphatic heterocycles. The molecule has 0 amide bonds. The molecule has 0 spiro atoms. The molecule has 0 saturated heterocycles. The van der Waals surface area contributed by atoms with Crippen molar-refractivity contribution in [3.63, 3.8) is 0 Å². The summed E-state index contributed by atoms with van der Waals surface area (Å²) in [5.41, 5.74) is -0.0573. The van der Waals surface area contributed by atoms with Crippen LogP contribution < -0.4 is 9.47 Å². The second-order valence-corrected chi connectivity index (χ2v) is 4.10. The molecule has 0 radical (unpaired) electrons. The lowest BCUT2D eigenvalue weighted by Crippen LogP contribution is -2.15. The van der Waals surface area contributed by atoms with Gasteiger partial charge in [-0.3, -0.25) is 10.1 Å². The highest BCUT2D eigenvalue weighted by Gasteiger charge is 2.14. The monoisotopic (exact) mass is 254 g/mol. The standard InChI is InChI=1S/C12H18N2O4/c1-13(2)7-4-8-18-10-5-6-11(14(15)16)12(9-10)17-3/h5-6,9H,4,7-8H2,1-3H3. The average Bonchev–Trinajstić information content (AvgIpc) is 2.33. The largest absolute Gasteiger partial charge is 0.493 e. The molecule has 0 N–H and O–H groups in total. The van der Waals surface area contributed by atoms with E-state index in [1.54, 1.807) is 6.07 Å². The first-order valence-electron chi connectivity index (χ1n) is 5.64. The highest BCUT2D eigenvalue weighted by molar-refractivity contribution is 5.50. The van der Waals surface area contributed by atoms with Crippen LogP contribution in [0.25, 0.3) is 0 Å². The van der Waals surface area contributed by atoms with Crippen LogP contribution in [0.3, 0.4) is 0 Å². The fourth-order valence-corrected chi connectivity index (χ4v) is 1.47. The van der Waals surface area contributed by atoms with Gasteiger partial charge < -0.3 is 14.4 Å². The Morgan fingerprint density at radius 2 is 2.11 bits per heavy atom. The quantitative estimate of drug-likeness (QED) is 0.422. The molecule has 0 fully saturated rings. The Hall–Kier alpha value is -1.82. The predicted octanol–water partition coefficient (Wildman–Crippen LogP) is 1.93. The predicted molar refractivity (Wildman–Crippen MR) is 68.3 cm³/mol. The van der Waals surface area contributed by atoms with Crippen molar-refractivity contribution >= 4 is 5.69 Å². The lowest BCUT2D eigenvalue weighted by atomic mass is 10.3. The zero-order valence-electron chi connectivity index (χ0n) is 10.9. The normalized spacial score (nSPS) is 10.4. The maximum absolute atomic E-state index is 10.7. The van der Waals surface area contributed by atoms with E-state index >= 15 is 0 Å². The van der Waals surface area contributed by atoms with Gasteiger partial charge in [-0.05, 0) is 26.6 Å². The van der Waals surface area contributed by atoms with Crippen LogP contribution in [0.1, 0.15) is 6.42 Å². The van der Waals surface area contributed by atoms with Gasteiger partial charge in [-0.25, -0.2) is 0 Å². The number of nitro benzene ring substituents is 1. The first kappa shape index (κ1) is 14.2. The molecule has 1 aromatic carbocycles. The van der Waals surface area contributed by atoms with Gasteiger partial charge in [0.25, 0.3) is 0 Å². The van der Waals surface area contributed by atoms with Gasteiger partial charge in [-0.15, -0.1) is 0 Å². The second-order valence-electron chi connectivity index (χ2n) is 4.10. The number of hydrogen-bond acceptors (Lipinski definition) is 5. The van der Waals surface area contributed by atoms with Crippen molar-refractivity contribution < 1.29 is 14.4 Å². The molecule has 0 heterocycles. The van der Waals surface area contributed by atoms with Crippen LogP contribution >= 0.6 is 0 Å². The van der Waals surface area contributed by atoms with Crippen LogP contribution in [0, 0.1) is 10.1 Å². The lowest BCUT2D eigenvalue weighted by Gasteiger charge is -2.11. The average molecular weight is 254 g/mol. The number of benzene rings is 1. The summed E-state index contributed by atoms with van der Waals surface area (Å²) >= 11 is 0. The minimum atomic E-state index is -0.478. The van der Waals surface area contributed by atoms with Crippen molar-refractivity contribution in [3.8, 4) is 11.5 Å². The molecule has 0 aliphatic rings. The molecule has 6 heteroatoms. The molecule has 0 aromatic heterocycles. The number of hydrogen-bond donors (Lipinski definition) is 0. The third kappa shape index (κ3) is 4.21. The Labute approximate surface area is 106 Å². The number of methoxy groups -OCH3 is 1. The third-order valence-electron chi connectivity index (χ3n) is 2.37. The summed E-state index contributed by atoms with van der Waals surface area (Å²) < 4.78 is 10.5. The summed E-state index contributed by atoms with van der Waals surface area (Å²) in [6.07, 6.45) is 0.895. The first-order chi connectivity index (χ1) is 8.54. The minimum Gasteiger partial charge on any atom is -0.493 e. The summed E-state index contributed by atoms with van der Waals surface area (Å²) in [6, 6.07) is 4.50. The Morgan fingerprint density at radius 3 is 2.67 bits per heavy atom. The van der Waals surface area contributed by atoms with E-state index in [2.05, 4.69) is 4.90 Å². The number of nitrogens with zero attached hydrogens (tertiary/aromatic N) is 2. The van der Waals surface area contributed by atoms with Crippen LogP contribution in [0.5, 0.6) is 11.5 Å². The van der Waals surface area contributed by atoms with Gasteiger partial charge in [0, 0.05) is 18.7 Å². The summed E-state index contributed by atoms with van der Waals surface area (Å²) in [7, 11) is 5.39. The molecule has 6 nitrogen and oxygen atoms in total. The maximum atomic E-state index is 10.7. The molecule has 1 aromatic rings. The van der Waals surface area contributed by atoms with E-state index in [1.807, 2.05) is 14.1 Å². The van der Waals surface area contributed by atoms with Crippen molar-refractivity contribution in [3.05, 3.63) is 28.3 Å². The smallest absolute Gasteiger partial charge is 0.311 e. The van der Waals surface area contributed by atoms with Crippen LogP contribution in [0.15, 0.2) is 18.2 Å². The SMILES string of the molecule is COc1cc(OCCCN(C)C)ccc1[N+](=O)[O-].